The fourth-order valence-corrected chi connectivity index (χ4v) is 3.21. The number of hydrogen-bond donors (Lipinski definition) is 0. The molecule has 3 rings (SSSR count). The van der Waals surface area contributed by atoms with Gasteiger partial charge in [-0.05, 0) is 41.3 Å². The molecule has 0 aliphatic rings. The van der Waals surface area contributed by atoms with Gasteiger partial charge >= 0.3 is 6.18 Å². The van der Waals surface area contributed by atoms with Crippen LogP contribution in [-0.2, 0) is 12.6 Å². The Kier molecular flexibility index (Phi) is 5.72. The van der Waals surface area contributed by atoms with Gasteiger partial charge in [0.15, 0.2) is 23.0 Å². The van der Waals surface area contributed by atoms with Gasteiger partial charge in [0, 0.05) is 18.0 Å². The van der Waals surface area contributed by atoms with Crippen LogP contribution in [0.4, 0.5) is 13.2 Å². The maximum absolute atomic E-state index is 13.7. The predicted molar refractivity (Wildman–Crippen MR) is 102 cm³/mol. The zero-order chi connectivity index (χ0) is 21.2. The van der Waals surface area contributed by atoms with Crippen molar-refractivity contribution in [2.24, 2.45) is 0 Å². The lowest BCUT2D eigenvalue weighted by Crippen LogP contribution is -2.11. The quantitative estimate of drug-likeness (QED) is 0.583. The third-order valence-electron chi connectivity index (χ3n) is 4.62. The Bertz CT molecular complexity index is 1030. The van der Waals surface area contributed by atoms with Crippen LogP contribution in [0.2, 0.25) is 0 Å². The zero-order valence-electron chi connectivity index (χ0n) is 16.4. The molecule has 8 heteroatoms. The highest BCUT2D eigenvalue weighted by Gasteiger charge is 2.35. The van der Waals surface area contributed by atoms with Crippen LogP contribution < -0.4 is 18.9 Å². The Balaban J connectivity index is 2.18. The van der Waals surface area contributed by atoms with Gasteiger partial charge in [0.2, 0.25) is 0 Å². The molecule has 0 fully saturated rings. The van der Waals surface area contributed by atoms with Crippen LogP contribution in [0.5, 0.6) is 23.0 Å². The molecule has 0 aliphatic heterocycles. The van der Waals surface area contributed by atoms with Gasteiger partial charge in [0.1, 0.15) is 0 Å². The normalized spacial score (nSPS) is 11.4. The first-order chi connectivity index (χ1) is 13.8. The van der Waals surface area contributed by atoms with E-state index in [1.807, 2.05) is 0 Å². The van der Waals surface area contributed by atoms with Gasteiger partial charge in [-0.3, -0.25) is 4.98 Å². The number of nitrogens with zero attached hydrogens (tertiary/aromatic N) is 1. The monoisotopic (exact) mass is 407 g/mol. The largest absolute Gasteiger partial charge is 0.493 e. The van der Waals surface area contributed by atoms with Gasteiger partial charge in [0.25, 0.3) is 0 Å². The zero-order valence-corrected chi connectivity index (χ0v) is 16.4. The SMILES string of the molecule is COc1cc(Cc2nccc3cc(OC)c(OC)cc23)c(C(F)(F)F)cc1OC. The van der Waals surface area contributed by atoms with Crippen molar-refractivity contribution in [1.29, 1.82) is 0 Å². The lowest BCUT2D eigenvalue weighted by atomic mass is 9.98. The molecule has 1 aromatic heterocycles. The summed E-state index contributed by atoms with van der Waals surface area (Å²) in [6.45, 7) is 0. The molecule has 0 N–H and O–H groups in total. The number of aromatic nitrogens is 1. The molecule has 0 aliphatic carbocycles. The molecule has 0 radical (unpaired) electrons. The average Bonchev–Trinajstić information content (AvgIpc) is 2.71. The molecular weight excluding hydrogens is 387 g/mol. The topological polar surface area (TPSA) is 49.8 Å². The summed E-state index contributed by atoms with van der Waals surface area (Å²) in [5.74, 6) is 1.23. The summed E-state index contributed by atoms with van der Waals surface area (Å²) in [7, 11) is 5.69. The van der Waals surface area contributed by atoms with Crippen LogP contribution in [-0.4, -0.2) is 33.4 Å². The highest BCUT2D eigenvalue weighted by molar-refractivity contribution is 5.88. The average molecular weight is 407 g/mol. The minimum Gasteiger partial charge on any atom is -0.493 e. The molecule has 154 valence electrons. The lowest BCUT2D eigenvalue weighted by molar-refractivity contribution is -0.138. The van der Waals surface area contributed by atoms with E-state index in [0.717, 1.165) is 11.5 Å². The van der Waals surface area contributed by atoms with Crippen LogP contribution in [0, 0.1) is 0 Å². The second kappa shape index (κ2) is 8.06. The molecule has 1 heterocycles. The summed E-state index contributed by atoms with van der Waals surface area (Å²) >= 11 is 0. The van der Waals surface area contributed by atoms with E-state index in [0.29, 0.717) is 22.6 Å². The van der Waals surface area contributed by atoms with E-state index in [1.165, 1.54) is 34.5 Å². The summed E-state index contributed by atoms with van der Waals surface area (Å²) < 4.78 is 61.9. The molecule has 0 bridgehead atoms. The van der Waals surface area contributed by atoms with Gasteiger partial charge in [-0.2, -0.15) is 13.2 Å². The maximum atomic E-state index is 13.7. The molecule has 0 amide bonds. The van der Waals surface area contributed by atoms with Gasteiger partial charge in [-0.25, -0.2) is 0 Å². The smallest absolute Gasteiger partial charge is 0.416 e. The van der Waals surface area contributed by atoms with Gasteiger partial charge in [0.05, 0.1) is 39.7 Å². The van der Waals surface area contributed by atoms with Crippen molar-refractivity contribution >= 4 is 10.8 Å². The third-order valence-corrected chi connectivity index (χ3v) is 4.62. The minimum atomic E-state index is -4.56. The molecule has 0 atom stereocenters. The Morgan fingerprint density at radius 3 is 1.93 bits per heavy atom. The molecular formula is C21H20F3NO4. The van der Waals surface area contributed by atoms with Crippen molar-refractivity contribution in [2.45, 2.75) is 12.6 Å². The Morgan fingerprint density at radius 1 is 0.793 bits per heavy atom. The number of benzene rings is 2. The van der Waals surface area contributed by atoms with Crippen molar-refractivity contribution in [1.82, 2.24) is 4.98 Å². The van der Waals surface area contributed by atoms with Crippen LogP contribution in [0.15, 0.2) is 36.5 Å². The molecule has 0 saturated carbocycles. The molecule has 3 aromatic rings. The van der Waals surface area contributed by atoms with E-state index < -0.39 is 11.7 Å². The predicted octanol–water partition coefficient (Wildman–Crippen LogP) is 4.88. The number of alkyl halides is 3. The fraction of sp³-hybridized carbons (Fsp3) is 0.286. The van der Waals surface area contributed by atoms with E-state index >= 15 is 0 Å². The number of hydrogen-bond acceptors (Lipinski definition) is 5. The van der Waals surface area contributed by atoms with E-state index in [9.17, 15) is 13.2 Å². The van der Waals surface area contributed by atoms with E-state index in [2.05, 4.69) is 4.98 Å². The molecule has 0 spiro atoms. The summed E-state index contributed by atoms with van der Waals surface area (Å²) in [6.07, 6.45) is -3.06. The lowest BCUT2D eigenvalue weighted by Gasteiger charge is -2.17. The maximum Gasteiger partial charge on any atom is 0.416 e. The van der Waals surface area contributed by atoms with Gasteiger partial charge < -0.3 is 18.9 Å². The summed E-state index contributed by atoms with van der Waals surface area (Å²) in [6, 6.07) is 7.52. The van der Waals surface area contributed by atoms with Crippen molar-refractivity contribution in [2.75, 3.05) is 28.4 Å². The Hall–Kier alpha value is -3.16. The van der Waals surface area contributed by atoms with Crippen molar-refractivity contribution < 1.29 is 32.1 Å². The van der Waals surface area contributed by atoms with Crippen LogP contribution in [0.25, 0.3) is 10.8 Å². The van der Waals surface area contributed by atoms with E-state index in [-0.39, 0.29) is 23.5 Å². The first kappa shape index (κ1) is 20.6. The number of rotatable bonds is 6. The summed E-state index contributed by atoms with van der Waals surface area (Å²) in [5.41, 5.74) is -0.291. The Labute approximate surface area is 166 Å². The van der Waals surface area contributed by atoms with Gasteiger partial charge in [-0.15, -0.1) is 0 Å². The standard InChI is InChI=1S/C21H20F3NO4/c1-26-17-8-12-5-6-25-16(14(12)10-19(17)28-3)7-13-9-18(27-2)20(29-4)11-15(13)21(22,23)24/h5-6,8-11H,7H2,1-4H3. The number of halogens is 3. The van der Waals surface area contributed by atoms with E-state index in [4.69, 9.17) is 18.9 Å². The minimum absolute atomic E-state index is 0.0147. The molecule has 2 aromatic carbocycles. The molecule has 0 unspecified atom stereocenters. The molecule has 5 nitrogen and oxygen atoms in total. The molecule has 0 saturated heterocycles. The third kappa shape index (κ3) is 4.01. The number of methoxy groups -OCH3 is 4. The second-order valence-electron chi connectivity index (χ2n) is 6.22. The van der Waals surface area contributed by atoms with Gasteiger partial charge in [-0.1, -0.05) is 0 Å². The number of pyridine rings is 1. The summed E-state index contributed by atoms with van der Waals surface area (Å²) in [5, 5.41) is 1.45. The van der Waals surface area contributed by atoms with Crippen LogP contribution >= 0.6 is 0 Å². The van der Waals surface area contributed by atoms with Crippen LogP contribution in [0.1, 0.15) is 16.8 Å². The first-order valence-electron chi connectivity index (χ1n) is 8.64. The molecule has 29 heavy (non-hydrogen) atoms. The fourth-order valence-electron chi connectivity index (χ4n) is 3.21. The second-order valence-corrected chi connectivity index (χ2v) is 6.22. The van der Waals surface area contributed by atoms with Crippen LogP contribution in [0.3, 0.4) is 0 Å². The number of ether oxygens (including phenoxy) is 4. The highest BCUT2D eigenvalue weighted by Crippen LogP contribution is 2.41. The Morgan fingerprint density at radius 2 is 1.34 bits per heavy atom. The highest BCUT2D eigenvalue weighted by atomic mass is 19.4. The van der Waals surface area contributed by atoms with Crippen molar-refractivity contribution in [3.05, 3.63) is 53.3 Å². The van der Waals surface area contributed by atoms with E-state index in [1.54, 1.807) is 24.4 Å². The summed E-state index contributed by atoms with van der Waals surface area (Å²) in [4.78, 5) is 4.32. The first-order valence-corrected chi connectivity index (χ1v) is 8.64. The number of fused-ring (bicyclic) bond motifs is 1. The van der Waals surface area contributed by atoms with Crippen molar-refractivity contribution in [3.63, 3.8) is 0 Å². The van der Waals surface area contributed by atoms with Crippen molar-refractivity contribution in [3.8, 4) is 23.0 Å².